The summed E-state index contributed by atoms with van der Waals surface area (Å²) in [7, 11) is 0. The number of alkyl halides is 3. The largest absolute Gasteiger partial charge is 0.468 e. The molecule has 1 atom stereocenters. The van der Waals surface area contributed by atoms with Gasteiger partial charge in [-0.3, -0.25) is 4.79 Å². The van der Waals surface area contributed by atoms with Gasteiger partial charge >= 0.3 is 6.18 Å². The molecule has 1 saturated heterocycles. The van der Waals surface area contributed by atoms with E-state index >= 15 is 0 Å². The van der Waals surface area contributed by atoms with E-state index in [4.69, 9.17) is 4.74 Å². The highest BCUT2D eigenvalue weighted by molar-refractivity contribution is 14.0. The summed E-state index contributed by atoms with van der Waals surface area (Å²) in [4.78, 5) is 22.3. The molecule has 1 aromatic rings. The zero-order chi connectivity index (χ0) is 21.4. The van der Waals surface area contributed by atoms with Crippen LogP contribution in [0.4, 0.5) is 13.2 Å². The Bertz CT molecular complexity index is 716. The highest BCUT2D eigenvalue weighted by atomic mass is 127. The molecule has 2 heterocycles. The van der Waals surface area contributed by atoms with Crippen molar-refractivity contribution in [1.82, 2.24) is 20.5 Å². The number of carbonyl (C=O) groups excluding carboxylic acids is 1. The van der Waals surface area contributed by atoms with Gasteiger partial charge in [-0.05, 0) is 19.4 Å². The molecule has 1 aliphatic rings. The number of nitrogens with zero attached hydrogens (tertiary/aromatic N) is 3. The topological polar surface area (TPSA) is 78.9 Å². The van der Waals surface area contributed by atoms with Crippen molar-refractivity contribution >= 4 is 35.8 Å². The third-order valence-electron chi connectivity index (χ3n) is 4.31. The molecule has 0 bridgehead atoms. The molecule has 1 amide bonds. The summed E-state index contributed by atoms with van der Waals surface area (Å²) < 4.78 is 42.1. The van der Waals surface area contributed by atoms with E-state index < -0.39 is 12.8 Å². The minimum Gasteiger partial charge on any atom is -0.468 e. The number of amides is 1. The molecule has 0 aromatic carbocycles. The molecule has 30 heavy (non-hydrogen) atoms. The Morgan fingerprint density at radius 3 is 2.80 bits per heavy atom. The molecule has 7 nitrogen and oxygen atoms in total. The first-order valence-corrected chi connectivity index (χ1v) is 9.66. The minimum atomic E-state index is -4.43. The Balaban J connectivity index is 0.00000450. The van der Waals surface area contributed by atoms with Crippen LogP contribution in [0.3, 0.4) is 0 Å². The molecule has 0 radical (unpaired) electrons. The Hall–Kier alpha value is -1.79. The summed E-state index contributed by atoms with van der Waals surface area (Å²) in [5.41, 5.74) is 0.456. The van der Waals surface area contributed by atoms with Crippen LogP contribution in [0, 0.1) is 5.92 Å². The third kappa shape index (κ3) is 8.52. The maximum absolute atomic E-state index is 12.4. The second kappa shape index (κ2) is 12.2. The van der Waals surface area contributed by atoms with Gasteiger partial charge in [0, 0.05) is 43.4 Å². The molecule has 1 aromatic heterocycles. The molecule has 0 spiro atoms. The summed E-state index contributed by atoms with van der Waals surface area (Å²) in [6, 6.07) is 3.31. The van der Waals surface area contributed by atoms with Crippen molar-refractivity contribution in [1.29, 1.82) is 0 Å². The van der Waals surface area contributed by atoms with Gasteiger partial charge < -0.3 is 20.3 Å². The maximum atomic E-state index is 12.4. The quantitative estimate of drug-likeness (QED) is 0.314. The summed E-state index contributed by atoms with van der Waals surface area (Å²) in [6.45, 7) is 6.28. The van der Waals surface area contributed by atoms with Crippen LogP contribution in [0.5, 0.6) is 5.88 Å². The number of hydrogen-bond donors (Lipinski definition) is 2. The molecule has 1 unspecified atom stereocenters. The SMILES string of the molecule is CCNC(=NCc1cccnc1OCC(F)(F)F)NC1CCN(C(=O)C(C)C)C1.I. The van der Waals surface area contributed by atoms with Crippen molar-refractivity contribution < 1.29 is 22.7 Å². The van der Waals surface area contributed by atoms with Crippen LogP contribution < -0.4 is 15.4 Å². The van der Waals surface area contributed by atoms with Crippen LogP contribution in [-0.4, -0.2) is 60.2 Å². The lowest BCUT2D eigenvalue weighted by Crippen LogP contribution is -2.45. The van der Waals surface area contributed by atoms with Crippen LogP contribution in [0.1, 0.15) is 32.8 Å². The normalized spacial score (nSPS) is 17.0. The molecule has 1 fully saturated rings. The van der Waals surface area contributed by atoms with Crippen molar-refractivity contribution in [2.24, 2.45) is 10.9 Å². The van der Waals surface area contributed by atoms with Crippen molar-refractivity contribution in [2.75, 3.05) is 26.2 Å². The molecular formula is C19H29F3IN5O2. The van der Waals surface area contributed by atoms with E-state index in [0.717, 1.165) is 6.42 Å². The van der Waals surface area contributed by atoms with E-state index in [9.17, 15) is 18.0 Å². The van der Waals surface area contributed by atoms with Crippen molar-refractivity contribution in [3.8, 4) is 5.88 Å². The summed E-state index contributed by atoms with van der Waals surface area (Å²) >= 11 is 0. The smallest absolute Gasteiger partial charge is 0.422 e. The molecule has 11 heteroatoms. The lowest BCUT2D eigenvalue weighted by molar-refractivity contribution is -0.154. The van der Waals surface area contributed by atoms with Gasteiger partial charge in [-0.2, -0.15) is 13.2 Å². The lowest BCUT2D eigenvalue weighted by atomic mass is 10.2. The molecule has 1 aliphatic heterocycles. The van der Waals surface area contributed by atoms with Gasteiger partial charge in [0.15, 0.2) is 12.6 Å². The maximum Gasteiger partial charge on any atom is 0.422 e. The summed E-state index contributed by atoms with van der Waals surface area (Å²) in [5, 5.41) is 6.41. The first-order chi connectivity index (χ1) is 13.7. The van der Waals surface area contributed by atoms with Gasteiger partial charge in [0.1, 0.15) is 0 Å². The van der Waals surface area contributed by atoms with E-state index in [1.54, 1.807) is 12.1 Å². The second-order valence-electron chi connectivity index (χ2n) is 7.14. The van der Waals surface area contributed by atoms with Gasteiger partial charge in [-0.25, -0.2) is 9.98 Å². The van der Waals surface area contributed by atoms with Gasteiger partial charge in [0.05, 0.1) is 6.54 Å². The fraction of sp³-hybridized carbons (Fsp3) is 0.632. The van der Waals surface area contributed by atoms with Crippen LogP contribution in [0.15, 0.2) is 23.3 Å². The van der Waals surface area contributed by atoms with Gasteiger partial charge in [0.2, 0.25) is 11.8 Å². The van der Waals surface area contributed by atoms with Crippen molar-refractivity contribution in [3.05, 3.63) is 23.9 Å². The number of aromatic nitrogens is 1. The molecule has 0 aliphatic carbocycles. The Kier molecular flexibility index (Phi) is 10.6. The minimum absolute atomic E-state index is 0. The number of guanidine groups is 1. The number of nitrogens with one attached hydrogen (secondary N) is 2. The lowest BCUT2D eigenvalue weighted by Gasteiger charge is -2.20. The molecule has 2 N–H and O–H groups in total. The Labute approximate surface area is 191 Å². The molecular weight excluding hydrogens is 514 g/mol. The van der Waals surface area contributed by atoms with Crippen LogP contribution in [0.25, 0.3) is 0 Å². The zero-order valence-corrected chi connectivity index (χ0v) is 19.7. The van der Waals surface area contributed by atoms with E-state index in [-0.39, 0.29) is 54.3 Å². The highest BCUT2D eigenvalue weighted by Crippen LogP contribution is 2.20. The van der Waals surface area contributed by atoms with E-state index in [1.807, 2.05) is 25.7 Å². The summed E-state index contributed by atoms with van der Waals surface area (Å²) in [5.74, 6) is 0.523. The average molecular weight is 543 g/mol. The van der Waals surface area contributed by atoms with Gasteiger partial charge in [-0.1, -0.05) is 19.9 Å². The number of hydrogen-bond acceptors (Lipinski definition) is 4. The van der Waals surface area contributed by atoms with E-state index in [2.05, 4.69) is 20.6 Å². The Morgan fingerprint density at radius 2 is 2.17 bits per heavy atom. The number of likely N-dealkylation sites (tertiary alicyclic amines) is 1. The third-order valence-corrected chi connectivity index (χ3v) is 4.31. The number of carbonyl (C=O) groups is 1. The van der Waals surface area contributed by atoms with Crippen molar-refractivity contribution in [3.63, 3.8) is 0 Å². The number of aliphatic imine (C=N–C) groups is 1. The van der Waals surface area contributed by atoms with Gasteiger partial charge in [0.25, 0.3) is 0 Å². The van der Waals surface area contributed by atoms with Crippen LogP contribution in [0.2, 0.25) is 0 Å². The number of rotatable bonds is 7. The van der Waals surface area contributed by atoms with Crippen LogP contribution in [-0.2, 0) is 11.3 Å². The number of halogens is 4. The molecule has 0 saturated carbocycles. The predicted molar refractivity (Wildman–Crippen MR) is 119 cm³/mol. The number of pyridine rings is 1. The monoisotopic (exact) mass is 543 g/mol. The highest BCUT2D eigenvalue weighted by Gasteiger charge is 2.29. The fourth-order valence-corrected chi connectivity index (χ4v) is 2.95. The zero-order valence-electron chi connectivity index (χ0n) is 17.3. The Morgan fingerprint density at radius 1 is 1.43 bits per heavy atom. The predicted octanol–water partition coefficient (Wildman–Crippen LogP) is 2.95. The standard InChI is InChI=1S/C19H28F3N5O2.HI/c1-4-23-18(26-15-7-9-27(11-15)17(28)13(2)3)25-10-14-6-5-8-24-16(14)29-12-19(20,21)22;/h5-6,8,13,15H,4,7,9-12H2,1-3H3,(H2,23,25,26);1H. The summed E-state index contributed by atoms with van der Waals surface area (Å²) in [6.07, 6.45) is -2.26. The molecule has 2 rings (SSSR count). The van der Waals surface area contributed by atoms with Gasteiger partial charge in [-0.15, -0.1) is 24.0 Å². The second-order valence-corrected chi connectivity index (χ2v) is 7.14. The average Bonchev–Trinajstić information content (AvgIpc) is 3.12. The fourth-order valence-electron chi connectivity index (χ4n) is 2.95. The van der Waals surface area contributed by atoms with E-state index in [0.29, 0.717) is 31.2 Å². The first kappa shape index (κ1) is 26.2. The number of ether oxygens (including phenoxy) is 1. The van der Waals surface area contributed by atoms with Crippen LogP contribution >= 0.6 is 24.0 Å². The van der Waals surface area contributed by atoms with E-state index in [1.165, 1.54) is 6.20 Å². The van der Waals surface area contributed by atoms with Crippen molar-refractivity contribution in [2.45, 2.75) is 46.0 Å². The molecule has 170 valence electrons. The first-order valence-electron chi connectivity index (χ1n) is 9.66.